The third kappa shape index (κ3) is 15.2. The number of aliphatic hydroxyl groups is 13. The van der Waals surface area contributed by atoms with Gasteiger partial charge in [-0.15, -0.1) is 0 Å². The van der Waals surface area contributed by atoms with Crippen molar-refractivity contribution in [3.8, 4) is 0 Å². The molecule has 2 saturated heterocycles. The fourth-order valence-electron chi connectivity index (χ4n) is 9.04. The number of aliphatic hydroxyl groups excluding tert-OH is 9. The van der Waals surface area contributed by atoms with Gasteiger partial charge in [-0.3, -0.25) is 9.59 Å². The molecule has 2 aliphatic heterocycles. The van der Waals surface area contributed by atoms with Gasteiger partial charge in [-0.1, -0.05) is 147 Å². The summed E-state index contributed by atoms with van der Waals surface area (Å²) in [5.41, 5.74) is -8.95. The number of carbonyl (C=O) groups excluding carboxylic acids is 2. The second-order valence-corrected chi connectivity index (χ2v) is 18.3. The molecule has 2 fully saturated rings. The van der Waals surface area contributed by atoms with Crippen LogP contribution >= 0.6 is 0 Å². The van der Waals surface area contributed by atoms with Crippen LogP contribution in [-0.4, -0.2) is 169 Å². The van der Waals surface area contributed by atoms with Crippen LogP contribution in [0, 0.1) is 0 Å². The van der Waals surface area contributed by atoms with Gasteiger partial charge in [0.25, 0.3) is 0 Å². The van der Waals surface area contributed by atoms with Crippen LogP contribution in [0.15, 0.2) is 36.5 Å². The van der Waals surface area contributed by atoms with E-state index < -0.39 is 115 Å². The third-order valence-corrected chi connectivity index (χ3v) is 13.2. The van der Waals surface area contributed by atoms with E-state index in [9.17, 15) is 76.0 Å². The highest BCUT2D eigenvalue weighted by Crippen LogP contribution is 2.53. The van der Waals surface area contributed by atoms with E-state index in [4.69, 9.17) is 9.47 Å². The molecule has 2 aliphatic rings. The average Bonchev–Trinajstić information content (AvgIpc) is 3.31. The van der Waals surface area contributed by atoms with E-state index in [0.717, 1.165) is 70.6 Å². The highest BCUT2D eigenvalue weighted by Gasteiger charge is 2.85. The number of carbonyl (C=O) groups is 2. The molecule has 0 aliphatic carbocycles. The van der Waals surface area contributed by atoms with E-state index in [1.807, 2.05) is 0 Å². The maximum atomic E-state index is 14.6. The Balaban J connectivity index is 2.41. The van der Waals surface area contributed by atoms with Crippen molar-refractivity contribution in [1.29, 1.82) is 0 Å². The number of hydrogen-bond donors (Lipinski definition) is 13. The summed E-state index contributed by atoms with van der Waals surface area (Å²) in [6, 6.07) is 0. The van der Waals surface area contributed by atoms with Gasteiger partial charge in [0.15, 0.2) is 23.3 Å². The summed E-state index contributed by atoms with van der Waals surface area (Å²) in [7, 11) is 0. The molecule has 2 rings (SSSR count). The Morgan fingerprint density at radius 2 is 0.924 bits per heavy atom. The Morgan fingerprint density at radius 3 is 1.35 bits per heavy atom. The Bertz CT molecular complexity index is 1410. The minimum Gasteiger partial charge on any atom is -0.394 e. The zero-order valence-corrected chi connectivity index (χ0v) is 39.5. The maximum absolute atomic E-state index is 14.6. The van der Waals surface area contributed by atoms with Crippen molar-refractivity contribution in [2.45, 2.75) is 246 Å². The van der Waals surface area contributed by atoms with Crippen molar-refractivity contribution >= 4 is 11.6 Å². The molecule has 0 aromatic carbocycles. The first kappa shape index (κ1) is 60.1. The smallest absolute Gasteiger partial charge is 0.234 e. The van der Waals surface area contributed by atoms with Crippen LogP contribution < -0.4 is 0 Å². The van der Waals surface area contributed by atoms with Crippen LogP contribution in [-0.2, 0) is 19.1 Å². The molecule has 0 aromatic heterocycles. The lowest BCUT2D eigenvalue weighted by atomic mass is 9.59. The lowest BCUT2D eigenvalue weighted by molar-refractivity contribution is -0.502. The third-order valence-electron chi connectivity index (χ3n) is 13.2. The average molecular weight is 947 g/mol. The molecule has 0 aromatic rings. The van der Waals surface area contributed by atoms with Gasteiger partial charge >= 0.3 is 0 Å². The first-order chi connectivity index (χ1) is 31.4. The Labute approximate surface area is 391 Å². The normalized spacial score (nSPS) is 30.1. The van der Waals surface area contributed by atoms with Crippen molar-refractivity contribution < 1.29 is 85.4 Å². The van der Waals surface area contributed by atoms with Gasteiger partial charge in [-0.05, 0) is 44.9 Å². The number of ether oxygens (including phenoxy) is 2. The predicted molar refractivity (Wildman–Crippen MR) is 245 cm³/mol. The molecule has 12 atom stereocenters. The largest absolute Gasteiger partial charge is 0.394 e. The molecule has 17 nitrogen and oxygen atoms in total. The zero-order valence-electron chi connectivity index (χ0n) is 39.5. The number of Topliss-reactive ketones (excluding diaryl/α,β-unsaturated/α-hetero) is 2. The summed E-state index contributed by atoms with van der Waals surface area (Å²) in [6.07, 6.45) is 6.01. The fraction of sp³-hybridized carbons (Fsp3) is 0.837. The molecule has 66 heavy (non-hydrogen) atoms. The SMILES string of the molecule is CC/C=C/C/C=C/C/C=C/CCCCCCCC(=O)C(O)(C(O)C(=O)CCCCCCCCCCCCCCC)C(O)([C@@]1(O)O[C@H](CO)[C@H](O)[C@H](O)[C@H]1O)[C@@]1(O)O[C@H](CO)[C@H](O)[C@H](O)[C@H]1O. The van der Waals surface area contributed by atoms with Gasteiger partial charge in [0.1, 0.15) is 48.8 Å². The molecule has 2 unspecified atom stereocenters. The molecule has 13 N–H and O–H groups in total. The van der Waals surface area contributed by atoms with Crippen molar-refractivity contribution in [3.05, 3.63) is 36.5 Å². The molecule has 2 heterocycles. The van der Waals surface area contributed by atoms with Gasteiger partial charge in [-0.25, -0.2) is 0 Å². The van der Waals surface area contributed by atoms with Crippen LogP contribution in [0.25, 0.3) is 0 Å². The summed E-state index contributed by atoms with van der Waals surface area (Å²) in [5.74, 6) is -11.5. The summed E-state index contributed by atoms with van der Waals surface area (Å²) in [4.78, 5) is 28.6. The highest BCUT2D eigenvalue weighted by atomic mass is 16.7. The first-order valence-electron chi connectivity index (χ1n) is 24.7. The minimum atomic E-state index is -4.68. The number of hydrogen-bond acceptors (Lipinski definition) is 17. The predicted octanol–water partition coefficient (Wildman–Crippen LogP) is 2.34. The second kappa shape index (κ2) is 30.5. The first-order valence-corrected chi connectivity index (χ1v) is 24.7. The molecule has 0 saturated carbocycles. The fourth-order valence-corrected chi connectivity index (χ4v) is 9.04. The molecule has 0 bridgehead atoms. The van der Waals surface area contributed by atoms with Gasteiger partial charge in [0.05, 0.1) is 13.2 Å². The summed E-state index contributed by atoms with van der Waals surface area (Å²) >= 11 is 0. The Morgan fingerprint density at radius 1 is 0.545 bits per heavy atom. The highest BCUT2D eigenvalue weighted by molar-refractivity contribution is 5.97. The summed E-state index contributed by atoms with van der Waals surface area (Å²) in [6.45, 7) is 1.67. The van der Waals surface area contributed by atoms with Gasteiger partial charge in [0, 0.05) is 12.8 Å². The van der Waals surface area contributed by atoms with E-state index in [1.165, 1.54) is 32.1 Å². The molecular formula is C49H86O17. The van der Waals surface area contributed by atoms with Gasteiger partial charge < -0.3 is 75.9 Å². The van der Waals surface area contributed by atoms with E-state index in [1.54, 1.807) is 0 Å². The molecule has 384 valence electrons. The molecule has 0 radical (unpaired) electrons. The van der Waals surface area contributed by atoms with Crippen LogP contribution in [0.5, 0.6) is 0 Å². The lowest BCUT2D eigenvalue weighted by Crippen LogP contribution is -2.92. The quantitative estimate of drug-likeness (QED) is 0.0320. The molecular weight excluding hydrogens is 861 g/mol. The van der Waals surface area contributed by atoms with Crippen molar-refractivity contribution in [2.75, 3.05) is 13.2 Å². The van der Waals surface area contributed by atoms with Crippen LogP contribution in [0.2, 0.25) is 0 Å². The summed E-state index contributed by atoms with van der Waals surface area (Å²) in [5, 5.41) is 148. The number of rotatable bonds is 35. The van der Waals surface area contributed by atoms with Crippen LogP contribution in [0.3, 0.4) is 0 Å². The minimum absolute atomic E-state index is 0.0744. The number of ketones is 2. The van der Waals surface area contributed by atoms with Crippen molar-refractivity contribution in [1.82, 2.24) is 0 Å². The van der Waals surface area contributed by atoms with Crippen LogP contribution in [0.1, 0.15) is 168 Å². The van der Waals surface area contributed by atoms with Crippen LogP contribution in [0.4, 0.5) is 0 Å². The lowest BCUT2D eigenvalue weighted by Gasteiger charge is -2.63. The number of allylic oxidation sites excluding steroid dienone is 6. The van der Waals surface area contributed by atoms with E-state index in [0.29, 0.717) is 25.7 Å². The standard InChI is InChI=1S/C49H86O17/c1-3-5-7-9-11-13-15-17-18-20-22-24-26-28-30-32-38(53)46(61,43(58)35(52)31-29-27-25-23-21-19-16-14-12-10-8-6-4-2)49(64,47(62)44(59)41(56)39(54)36(33-50)65-47)48(63)45(60)42(57)40(55)37(34-51)66-48/h5,7,11,13,17-18,36-37,39-45,50-51,54-64H,3-4,6,8-10,12,14-16,19-34H2,1-2H3/b7-5+,13-11+,18-17+/t36-,37-,39+,40+,41+,42+,43?,44-,45-,46?,47+,48+/m1/s1. The second-order valence-electron chi connectivity index (χ2n) is 18.3. The molecule has 0 spiro atoms. The Kier molecular flexibility index (Phi) is 27.8. The van der Waals surface area contributed by atoms with E-state index >= 15 is 0 Å². The van der Waals surface area contributed by atoms with Crippen molar-refractivity contribution in [3.63, 3.8) is 0 Å². The Hall–Kier alpha value is -2.04. The molecule has 17 heteroatoms. The van der Waals surface area contributed by atoms with Gasteiger partial charge in [-0.2, -0.15) is 0 Å². The van der Waals surface area contributed by atoms with E-state index in [2.05, 4.69) is 50.3 Å². The number of unbranched alkanes of at least 4 members (excludes halogenated alkanes) is 17. The summed E-state index contributed by atoms with van der Waals surface area (Å²) < 4.78 is 10.6. The zero-order chi connectivity index (χ0) is 49.4. The van der Waals surface area contributed by atoms with Gasteiger partial charge in [0.2, 0.25) is 17.2 Å². The maximum Gasteiger partial charge on any atom is 0.234 e. The van der Waals surface area contributed by atoms with E-state index in [-0.39, 0.29) is 12.8 Å². The monoisotopic (exact) mass is 947 g/mol. The molecule has 0 amide bonds. The topological polar surface area (TPSA) is 316 Å². The van der Waals surface area contributed by atoms with Crippen molar-refractivity contribution in [2.24, 2.45) is 0 Å².